The highest BCUT2D eigenvalue weighted by Gasteiger charge is 2.23. The molecule has 29 heavy (non-hydrogen) atoms. The number of benzene rings is 1. The number of aryl methyl sites for hydroxylation is 1. The summed E-state index contributed by atoms with van der Waals surface area (Å²) in [5.41, 5.74) is 2.68. The lowest BCUT2D eigenvalue weighted by molar-refractivity contribution is 0.0699. The quantitative estimate of drug-likeness (QED) is 0.453. The summed E-state index contributed by atoms with van der Waals surface area (Å²) in [6.07, 6.45) is 4.92. The fourth-order valence-electron chi connectivity index (χ4n) is 2.74. The molecular formula is C19H13ClN4O3S2. The van der Waals surface area contributed by atoms with E-state index in [-0.39, 0.29) is 16.5 Å². The number of halogens is 1. The molecule has 0 aliphatic rings. The van der Waals surface area contributed by atoms with Crippen molar-refractivity contribution in [2.75, 3.05) is 5.32 Å². The number of carboxylic acids is 1. The molecule has 4 aromatic rings. The molecule has 0 atom stereocenters. The largest absolute Gasteiger partial charge is 0.478 e. The van der Waals surface area contributed by atoms with E-state index in [0.717, 1.165) is 34.1 Å². The fourth-order valence-corrected chi connectivity index (χ4v) is 4.47. The van der Waals surface area contributed by atoms with E-state index in [9.17, 15) is 14.7 Å². The Hall–Kier alpha value is -3.01. The number of hydrogen-bond acceptors (Lipinski definition) is 6. The molecule has 0 saturated carbocycles. The number of rotatable bonds is 5. The van der Waals surface area contributed by atoms with Crippen molar-refractivity contribution < 1.29 is 14.7 Å². The molecule has 0 bridgehead atoms. The van der Waals surface area contributed by atoms with Gasteiger partial charge in [-0.15, -0.1) is 11.3 Å². The van der Waals surface area contributed by atoms with Crippen LogP contribution in [0.2, 0.25) is 5.02 Å². The van der Waals surface area contributed by atoms with Crippen LogP contribution in [-0.2, 0) is 0 Å². The van der Waals surface area contributed by atoms with Crippen LogP contribution >= 0.6 is 34.5 Å². The molecule has 0 aliphatic heterocycles. The van der Waals surface area contributed by atoms with Gasteiger partial charge in [-0.2, -0.15) is 5.10 Å². The van der Waals surface area contributed by atoms with Crippen LogP contribution in [0.25, 0.3) is 16.8 Å². The van der Waals surface area contributed by atoms with Gasteiger partial charge in [0.05, 0.1) is 11.9 Å². The number of nitrogens with zero attached hydrogens (tertiary/aromatic N) is 3. The monoisotopic (exact) mass is 444 g/mol. The van der Waals surface area contributed by atoms with Crippen LogP contribution in [0.4, 0.5) is 5.00 Å². The average Bonchev–Trinajstić information content (AvgIpc) is 3.41. The molecule has 3 aromatic heterocycles. The van der Waals surface area contributed by atoms with E-state index < -0.39 is 5.97 Å². The van der Waals surface area contributed by atoms with Crippen LogP contribution in [-0.4, -0.2) is 31.1 Å². The Labute approximate surface area is 178 Å². The van der Waals surface area contributed by atoms with Crippen LogP contribution in [0.3, 0.4) is 0 Å². The molecule has 0 saturated heterocycles. The Morgan fingerprint density at radius 3 is 2.62 bits per heavy atom. The predicted molar refractivity (Wildman–Crippen MR) is 114 cm³/mol. The third-order valence-electron chi connectivity index (χ3n) is 4.17. The molecule has 2 N–H and O–H groups in total. The molecule has 1 amide bonds. The lowest BCUT2D eigenvalue weighted by Crippen LogP contribution is -2.13. The number of amides is 1. The van der Waals surface area contributed by atoms with E-state index in [1.807, 2.05) is 12.1 Å². The van der Waals surface area contributed by atoms with Gasteiger partial charge in [0.2, 0.25) is 0 Å². The lowest BCUT2D eigenvalue weighted by atomic mass is 10.1. The molecule has 0 unspecified atom stereocenters. The maximum atomic E-state index is 12.5. The highest BCUT2D eigenvalue weighted by Crippen LogP contribution is 2.36. The van der Waals surface area contributed by atoms with Gasteiger partial charge in [0.15, 0.2) is 0 Å². The van der Waals surface area contributed by atoms with Crippen LogP contribution in [0.15, 0.2) is 48.2 Å². The third kappa shape index (κ3) is 3.80. The molecule has 146 valence electrons. The van der Waals surface area contributed by atoms with Gasteiger partial charge in [0.25, 0.3) is 5.91 Å². The summed E-state index contributed by atoms with van der Waals surface area (Å²) in [6, 6.07) is 7.13. The zero-order valence-corrected chi connectivity index (χ0v) is 17.3. The standard InChI is InChI=1S/C19H13ClN4O3S2/c1-10-6-22-29-16(10)17(25)23-18-15(19(26)27)14(9-28-18)11-7-21-24(8-11)13-4-2-12(20)3-5-13/h2-9H,1H3,(H,23,25)(H,26,27). The van der Waals surface area contributed by atoms with Gasteiger partial charge in [-0.05, 0) is 48.3 Å². The minimum Gasteiger partial charge on any atom is -0.478 e. The first-order valence-corrected chi connectivity index (χ1v) is 10.4. The predicted octanol–water partition coefficient (Wildman–Crippen LogP) is 4.97. The van der Waals surface area contributed by atoms with Crippen LogP contribution < -0.4 is 5.32 Å². The van der Waals surface area contributed by atoms with Crippen LogP contribution in [0, 0.1) is 6.92 Å². The number of carbonyl (C=O) groups excluding carboxylic acids is 1. The fraction of sp³-hybridized carbons (Fsp3) is 0.0526. The Morgan fingerprint density at radius 2 is 1.97 bits per heavy atom. The second-order valence-electron chi connectivity index (χ2n) is 6.10. The SMILES string of the molecule is Cc1cnsc1C(=O)Nc1scc(-c2cnn(-c3ccc(Cl)cc3)c2)c1C(=O)O. The maximum absolute atomic E-state index is 12.5. The summed E-state index contributed by atoms with van der Waals surface area (Å²) in [4.78, 5) is 24.9. The summed E-state index contributed by atoms with van der Waals surface area (Å²) < 4.78 is 5.61. The van der Waals surface area contributed by atoms with Gasteiger partial charge < -0.3 is 10.4 Å². The molecule has 0 fully saturated rings. The first kappa shape index (κ1) is 19.3. The zero-order chi connectivity index (χ0) is 20.5. The Bertz CT molecular complexity index is 1210. The van der Waals surface area contributed by atoms with Crippen LogP contribution in [0.5, 0.6) is 0 Å². The topological polar surface area (TPSA) is 97.1 Å². The number of carboxylic acid groups (broad SMARTS) is 1. The van der Waals surface area contributed by atoms with Crippen molar-refractivity contribution in [3.63, 3.8) is 0 Å². The summed E-state index contributed by atoms with van der Waals surface area (Å²) in [6.45, 7) is 1.78. The van der Waals surface area contributed by atoms with Gasteiger partial charge >= 0.3 is 5.97 Å². The lowest BCUT2D eigenvalue weighted by Gasteiger charge is -2.04. The summed E-state index contributed by atoms with van der Waals surface area (Å²) in [5.74, 6) is -1.51. The highest BCUT2D eigenvalue weighted by atomic mass is 35.5. The van der Waals surface area contributed by atoms with E-state index in [1.165, 1.54) is 0 Å². The first-order valence-electron chi connectivity index (χ1n) is 8.32. The molecule has 0 aliphatic carbocycles. The number of thiophene rings is 1. The van der Waals surface area contributed by atoms with Gasteiger partial charge in [-0.3, -0.25) is 4.79 Å². The molecular weight excluding hydrogens is 432 g/mol. The van der Waals surface area contributed by atoms with Crippen molar-refractivity contribution in [3.05, 3.63) is 69.3 Å². The zero-order valence-electron chi connectivity index (χ0n) is 14.9. The molecule has 4 rings (SSSR count). The second-order valence-corrected chi connectivity index (χ2v) is 8.22. The third-order valence-corrected chi connectivity index (χ3v) is 6.22. The van der Waals surface area contributed by atoms with Gasteiger partial charge in [0.1, 0.15) is 15.4 Å². The number of aromatic nitrogens is 3. The smallest absolute Gasteiger partial charge is 0.339 e. The number of nitrogens with one attached hydrogen (secondary N) is 1. The Kier molecular flexibility index (Phi) is 5.18. The molecule has 10 heteroatoms. The van der Waals surface area contributed by atoms with E-state index >= 15 is 0 Å². The minimum atomic E-state index is -1.13. The molecule has 7 nitrogen and oxygen atoms in total. The normalized spacial score (nSPS) is 10.8. The number of aromatic carboxylic acids is 1. The van der Waals surface area contributed by atoms with Crippen molar-refractivity contribution in [2.45, 2.75) is 6.92 Å². The molecule has 1 aromatic carbocycles. The van der Waals surface area contributed by atoms with Crippen LogP contribution in [0.1, 0.15) is 25.6 Å². The second kappa shape index (κ2) is 7.78. The summed E-state index contributed by atoms with van der Waals surface area (Å²) >= 11 is 8.14. The first-order chi connectivity index (χ1) is 13.9. The van der Waals surface area contributed by atoms with Crippen molar-refractivity contribution >= 4 is 51.3 Å². The maximum Gasteiger partial charge on any atom is 0.339 e. The van der Waals surface area contributed by atoms with E-state index in [4.69, 9.17) is 11.6 Å². The summed E-state index contributed by atoms with van der Waals surface area (Å²) in [5, 5.41) is 19.3. The molecule has 0 spiro atoms. The van der Waals surface area contributed by atoms with Gasteiger partial charge in [-0.1, -0.05) is 11.6 Å². The van der Waals surface area contributed by atoms with Crippen molar-refractivity contribution in [2.24, 2.45) is 0 Å². The van der Waals surface area contributed by atoms with Gasteiger partial charge in [-0.25, -0.2) is 13.8 Å². The van der Waals surface area contributed by atoms with Crippen molar-refractivity contribution in [1.29, 1.82) is 0 Å². The number of carbonyl (C=O) groups is 2. The van der Waals surface area contributed by atoms with E-state index in [2.05, 4.69) is 14.8 Å². The number of anilines is 1. The van der Waals surface area contributed by atoms with Gasteiger partial charge in [0, 0.05) is 33.9 Å². The van der Waals surface area contributed by atoms with E-state index in [0.29, 0.717) is 21.0 Å². The van der Waals surface area contributed by atoms with E-state index in [1.54, 1.807) is 47.7 Å². The summed E-state index contributed by atoms with van der Waals surface area (Å²) in [7, 11) is 0. The highest BCUT2D eigenvalue weighted by molar-refractivity contribution is 7.15. The molecule has 3 heterocycles. The average molecular weight is 445 g/mol. The van der Waals surface area contributed by atoms with Crippen molar-refractivity contribution in [3.8, 4) is 16.8 Å². The number of hydrogen-bond donors (Lipinski definition) is 2. The molecule has 0 radical (unpaired) electrons. The Morgan fingerprint density at radius 1 is 1.21 bits per heavy atom. The minimum absolute atomic E-state index is 0.0289. The Balaban J connectivity index is 1.67. The van der Waals surface area contributed by atoms with Crippen molar-refractivity contribution in [1.82, 2.24) is 14.2 Å².